The zero-order valence-electron chi connectivity index (χ0n) is 28.5. The Hall–Kier alpha value is -1.93. The van der Waals surface area contributed by atoms with Gasteiger partial charge in [-0.25, -0.2) is 0 Å². The number of hydrogen-bond donors (Lipinski definition) is 0. The van der Waals surface area contributed by atoms with Gasteiger partial charge in [-0.15, -0.1) is 0 Å². The first kappa shape index (κ1) is 41.1. The number of piperidine rings is 1. The van der Waals surface area contributed by atoms with E-state index in [0.717, 1.165) is 46.6 Å². The van der Waals surface area contributed by atoms with Gasteiger partial charge in [0.15, 0.2) is 0 Å². The number of aromatic nitrogens is 2. The van der Waals surface area contributed by atoms with Crippen LogP contribution in [-0.2, 0) is 27.0 Å². The normalized spacial score (nSPS) is 14.1. The number of hydrogen-bond acceptors (Lipinski definition) is 4. The van der Waals surface area contributed by atoms with Gasteiger partial charge < -0.3 is 19.9 Å². The average molecular weight is 760 g/mol. The molecule has 43 heavy (non-hydrogen) atoms. The molecule has 1 aliphatic rings. The predicted molar refractivity (Wildman–Crippen MR) is 185 cm³/mol. The molecule has 3 radical (unpaired) electrons. The van der Waals surface area contributed by atoms with Crippen LogP contribution < -0.4 is 10.2 Å². The van der Waals surface area contributed by atoms with E-state index in [1.807, 2.05) is 77.1 Å². The van der Waals surface area contributed by atoms with E-state index in [4.69, 9.17) is 17.9 Å². The van der Waals surface area contributed by atoms with Crippen molar-refractivity contribution >= 4 is 30.0 Å². The predicted octanol–water partition coefficient (Wildman–Crippen LogP) is 9.46. The molecule has 1 unspecified atom stereocenters. The van der Waals surface area contributed by atoms with Crippen LogP contribution >= 0.6 is 0 Å². The number of aryl methyl sites for hydroxylation is 1. The molecular formula is C36H58BN4ORe-. The van der Waals surface area contributed by atoms with Crippen LogP contribution in [0, 0.1) is 12.8 Å². The summed E-state index contributed by atoms with van der Waals surface area (Å²) in [5, 5.41) is 5.67. The van der Waals surface area contributed by atoms with Crippen LogP contribution in [0.3, 0.4) is 0 Å². The molecule has 1 atom stereocenters. The largest absolute Gasteiger partial charge is 0.494 e. The van der Waals surface area contributed by atoms with Crippen LogP contribution in [0.25, 0.3) is 16.2 Å². The smallest absolute Gasteiger partial charge is 0.121 e. The minimum Gasteiger partial charge on any atom is -0.494 e. The quantitative estimate of drug-likeness (QED) is 0.137. The number of likely N-dealkylation sites (tertiary alicyclic amines) is 1. The van der Waals surface area contributed by atoms with E-state index in [1.165, 1.54) is 64.6 Å². The maximum atomic E-state index is 6.04. The second-order valence-electron chi connectivity index (χ2n) is 10.7. The molecule has 1 aliphatic heterocycles. The minimum absolute atomic E-state index is 0. The summed E-state index contributed by atoms with van der Waals surface area (Å²) in [5.41, 5.74) is 2.68. The molecule has 239 valence electrons. The zero-order valence-corrected chi connectivity index (χ0v) is 31.2. The first-order chi connectivity index (χ1) is 20.5. The molecule has 7 heteroatoms. The molecule has 2 heterocycles. The van der Waals surface area contributed by atoms with Crippen LogP contribution in [0.4, 0.5) is 5.82 Å². The fourth-order valence-corrected chi connectivity index (χ4v) is 4.92. The topological polar surface area (TPSA) is 52.4 Å². The third kappa shape index (κ3) is 16.6. The Kier molecular flexibility index (Phi) is 24.3. The Bertz CT molecular complexity index is 1110. The van der Waals surface area contributed by atoms with Gasteiger partial charge in [0.1, 0.15) is 13.6 Å². The number of rotatable bonds is 12. The van der Waals surface area contributed by atoms with Crippen molar-refractivity contribution in [3.8, 4) is 5.75 Å². The van der Waals surface area contributed by atoms with Gasteiger partial charge in [-0.3, -0.25) is 4.98 Å². The number of fused-ring (bicyclic) bond motifs is 1. The molecule has 0 spiro atoms. The third-order valence-corrected chi connectivity index (χ3v) is 6.75. The SMILES string of the molecule is CC.CC.CCC.[B]c1cccc(C[N-]c2nc(C)nc3cc(OCCCCCCCN4CCCC(C)C4)ccc23)c1.[Re]. The molecule has 1 aromatic heterocycles. The van der Waals surface area contributed by atoms with Crippen molar-refractivity contribution in [2.24, 2.45) is 5.92 Å². The standard InChI is InChI=1S/C29H38BN4O.C3H8.2C2H6.Re/c1-22-10-9-16-34(21-22)15-6-4-3-5-7-17-35-26-13-14-27-28(19-26)32-23(2)33-29(27)31-20-24-11-8-12-25(30)18-24;1-3-2;2*1-2;/h8,11-14,18-19,22H,3-7,9-10,15-17,20-21H2,1-2H3;3H2,1-2H3;2*1-2H3;/q-1;;;;. The van der Waals surface area contributed by atoms with Crippen LogP contribution in [0.1, 0.15) is 111 Å². The summed E-state index contributed by atoms with van der Waals surface area (Å²) in [5.74, 6) is 3.15. The summed E-state index contributed by atoms with van der Waals surface area (Å²) >= 11 is 0. The van der Waals surface area contributed by atoms with E-state index in [2.05, 4.69) is 35.6 Å². The van der Waals surface area contributed by atoms with Crippen molar-refractivity contribution in [3.63, 3.8) is 0 Å². The van der Waals surface area contributed by atoms with Gasteiger partial charge in [-0.05, 0) is 81.2 Å². The monoisotopic (exact) mass is 760 g/mol. The van der Waals surface area contributed by atoms with Crippen molar-refractivity contribution in [2.75, 3.05) is 26.2 Å². The number of benzene rings is 2. The van der Waals surface area contributed by atoms with Crippen molar-refractivity contribution in [3.05, 3.63) is 59.2 Å². The van der Waals surface area contributed by atoms with E-state index >= 15 is 0 Å². The first-order valence-electron chi connectivity index (χ1n) is 16.6. The molecule has 0 aliphatic carbocycles. The fraction of sp³-hybridized carbons (Fsp3) is 0.611. The van der Waals surface area contributed by atoms with Crippen LogP contribution in [0.15, 0.2) is 42.5 Å². The Balaban J connectivity index is 0.00000204. The van der Waals surface area contributed by atoms with Gasteiger partial charge in [-0.2, -0.15) is 0 Å². The molecule has 1 saturated heterocycles. The van der Waals surface area contributed by atoms with Crippen molar-refractivity contribution < 1.29 is 25.2 Å². The van der Waals surface area contributed by atoms with Gasteiger partial charge in [0, 0.05) is 38.9 Å². The molecule has 0 saturated carbocycles. The van der Waals surface area contributed by atoms with Crippen LogP contribution in [0.2, 0.25) is 0 Å². The minimum atomic E-state index is 0. The first-order valence-corrected chi connectivity index (χ1v) is 16.6. The molecule has 0 amide bonds. The summed E-state index contributed by atoms with van der Waals surface area (Å²) < 4.78 is 6.04. The molecule has 3 aromatic rings. The van der Waals surface area contributed by atoms with Crippen molar-refractivity contribution in [2.45, 2.75) is 113 Å². The second-order valence-corrected chi connectivity index (χ2v) is 10.7. The van der Waals surface area contributed by atoms with Crippen molar-refractivity contribution in [1.82, 2.24) is 14.9 Å². The van der Waals surface area contributed by atoms with Crippen molar-refractivity contribution in [1.29, 1.82) is 0 Å². The number of ether oxygens (including phenoxy) is 1. The van der Waals surface area contributed by atoms with Crippen LogP contribution in [0.5, 0.6) is 5.75 Å². The summed E-state index contributed by atoms with van der Waals surface area (Å²) in [6, 6.07) is 13.8. The Morgan fingerprint density at radius 2 is 1.65 bits per heavy atom. The van der Waals surface area contributed by atoms with E-state index in [1.54, 1.807) is 0 Å². The summed E-state index contributed by atoms with van der Waals surface area (Å²) in [6.07, 6.45) is 10.3. The molecule has 0 N–H and O–H groups in total. The Labute approximate surface area is 279 Å². The summed E-state index contributed by atoms with van der Waals surface area (Å²) in [7, 11) is 5.89. The maximum absolute atomic E-state index is 6.04. The van der Waals surface area contributed by atoms with E-state index in [9.17, 15) is 0 Å². The molecule has 0 bridgehead atoms. The number of nitrogens with zero attached hydrogens (tertiary/aromatic N) is 4. The molecule has 4 rings (SSSR count). The van der Waals surface area contributed by atoms with Crippen LogP contribution in [-0.4, -0.2) is 49.0 Å². The molecular weight excluding hydrogens is 701 g/mol. The Morgan fingerprint density at radius 1 is 0.953 bits per heavy atom. The Morgan fingerprint density at radius 3 is 2.35 bits per heavy atom. The number of unbranched alkanes of at least 4 members (excludes halogenated alkanes) is 4. The second kappa shape index (κ2) is 25.4. The molecule has 2 aromatic carbocycles. The summed E-state index contributed by atoms with van der Waals surface area (Å²) in [6.45, 7) is 21.7. The maximum Gasteiger partial charge on any atom is 0.121 e. The van der Waals surface area contributed by atoms with Gasteiger partial charge in [-0.1, -0.05) is 110 Å². The van der Waals surface area contributed by atoms with E-state index in [-0.39, 0.29) is 20.4 Å². The van der Waals surface area contributed by atoms with Gasteiger partial charge in [0.05, 0.1) is 12.1 Å². The zero-order chi connectivity index (χ0) is 31.2. The molecule has 5 nitrogen and oxygen atoms in total. The van der Waals surface area contributed by atoms with Gasteiger partial charge in [0.2, 0.25) is 0 Å². The summed E-state index contributed by atoms with van der Waals surface area (Å²) in [4.78, 5) is 11.8. The van der Waals surface area contributed by atoms with E-state index < -0.39 is 0 Å². The fourth-order valence-electron chi connectivity index (χ4n) is 4.92. The van der Waals surface area contributed by atoms with Gasteiger partial charge in [0.25, 0.3) is 0 Å². The molecule has 1 fully saturated rings. The van der Waals surface area contributed by atoms with E-state index in [0.29, 0.717) is 18.2 Å². The third-order valence-electron chi connectivity index (χ3n) is 6.75. The van der Waals surface area contributed by atoms with Gasteiger partial charge >= 0.3 is 0 Å². The average Bonchev–Trinajstić information content (AvgIpc) is 2.99.